The Hall–Kier alpha value is -2.62. The number of rotatable bonds is 5. The normalized spacial score (nSPS) is 16.4. The molecule has 0 spiro atoms. The number of sulfonamides is 1. The number of hydrogen-bond acceptors (Lipinski definition) is 5. The number of urea groups is 1. The number of amides is 4. The molecule has 0 saturated carbocycles. The zero-order valence-corrected chi connectivity index (χ0v) is 16.1. The lowest BCUT2D eigenvalue weighted by Gasteiger charge is -2.31. The second kappa shape index (κ2) is 8.38. The molecule has 1 unspecified atom stereocenters. The van der Waals surface area contributed by atoms with Crippen LogP contribution in [0.2, 0.25) is 0 Å². The Morgan fingerprint density at radius 1 is 1.15 bits per heavy atom. The van der Waals surface area contributed by atoms with Crippen molar-refractivity contribution in [2.45, 2.75) is 25.7 Å². The van der Waals surface area contributed by atoms with Gasteiger partial charge in [-0.15, -0.1) is 0 Å². The summed E-state index contributed by atoms with van der Waals surface area (Å²) in [6.07, 6.45) is 1.72. The van der Waals surface area contributed by atoms with E-state index in [4.69, 9.17) is 5.73 Å². The first-order valence-corrected chi connectivity index (χ1v) is 10.4. The zero-order valence-electron chi connectivity index (χ0n) is 15.3. The van der Waals surface area contributed by atoms with E-state index in [2.05, 4.69) is 5.32 Å². The first kappa shape index (κ1) is 20.7. The summed E-state index contributed by atoms with van der Waals surface area (Å²) < 4.78 is 24.2. The van der Waals surface area contributed by atoms with Crippen LogP contribution >= 0.6 is 0 Å². The van der Waals surface area contributed by atoms with Crippen LogP contribution in [0.1, 0.15) is 31.2 Å². The van der Waals surface area contributed by atoms with Crippen LogP contribution in [0.3, 0.4) is 0 Å². The molecule has 0 aliphatic carbocycles. The van der Waals surface area contributed by atoms with E-state index in [1.54, 1.807) is 36.1 Å². The second-order valence-corrected chi connectivity index (χ2v) is 8.42. The number of nitrogens with two attached hydrogens (primary N) is 1. The van der Waals surface area contributed by atoms with Gasteiger partial charge in [0.25, 0.3) is 0 Å². The molecule has 1 saturated heterocycles. The quantitative estimate of drug-likeness (QED) is 0.669. The molecule has 0 aromatic heterocycles. The topological polar surface area (TPSA) is 139 Å². The van der Waals surface area contributed by atoms with E-state index in [1.165, 1.54) is 0 Å². The molecular formula is C17H24N4O5S. The van der Waals surface area contributed by atoms with Crippen molar-refractivity contribution in [1.82, 2.24) is 9.62 Å². The SMILES string of the molecule is CC(C(N)=O)c1ccc(NC(=O)N2CCC(C(=O)NS(C)(=O)=O)CC2)cc1. The minimum atomic E-state index is -3.58. The van der Waals surface area contributed by atoms with Crippen LogP contribution in [0.4, 0.5) is 10.5 Å². The van der Waals surface area contributed by atoms with E-state index in [-0.39, 0.29) is 6.03 Å². The molecule has 1 aromatic carbocycles. The van der Waals surface area contributed by atoms with Crippen LogP contribution in [-0.4, -0.2) is 50.5 Å². The monoisotopic (exact) mass is 396 g/mol. The summed E-state index contributed by atoms with van der Waals surface area (Å²) in [4.78, 5) is 37.0. The Morgan fingerprint density at radius 3 is 2.19 bits per heavy atom. The zero-order chi connectivity index (χ0) is 20.2. The van der Waals surface area contributed by atoms with E-state index in [1.807, 2.05) is 4.72 Å². The van der Waals surface area contributed by atoms with E-state index < -0.39 is 33.7 Å². The van der Waals surface area contributed by atoms with E-state index in [0.29, 0.717) is 31.6 Å². The van der Waals surface area contributed by atoms with Crippen molar-refractivity contribution in [2.24, 2.45) is 11.7 Å². The Labute approximate surface area is 158 Å². The minimum absolute atomic E-state index is 0.298. The molecule has 1 aliphatic rings. The first-order chi connectivity index (χ1) is 12.6. The number of piperidine rings is 1. The van der Waals surface area contributed by atoms with Crippen molar-refractivity contribution in [2.75, 3.05) is 24.7 Å². The van der Waals surface area contributed by atoms with Gasteiger partial charge in [-0.1, -0.05) is 12.1 Å². The lowest BCUT2D eigenvalue weighted by atomic mass is 9.96. The highest BCUT2D eigenvalue weighted by molar-refractivity contribution is 7.89. The third-order valence-corrected chi connectivity index (χ3v) is 5.10. The fourth-order valence-corrected chi connectivity index (χ4v) is 3.36. The number of anilines is 1. The predicted molar refractivity (Wildman–Crippen MR) is 100 cm³/mol. The maximum atomic E-state index is 12.3. The molecule has 2 rings (SSSR count). The lowest BCUT2D eigenvalue weighted by Crippen LogP contribution is -2.45. The highest BCUT2D eigenvalue weighted by Gasteiger charge is 2.28. The number of benzene rings is 1. The number of nitrogens with zero attached hydrogens (tertiary/aromatic N) is 1. The number of primary amides is 1. The summed E-state index contributed by atoms with van der Waals surface area (Å²) in [5, 5.41) is 2.76. The first-order valence-electron chi connectivity index (χ1n) is 8.53. The largest absolute Gasteiger partial charge is 0.369 e. The molecule has 9 nitrogen and oxygen atoms in total. The molecule has 1 aliphatic heterocycles. The average molecular weight is 396 g/mol. The van der Waals surface area contributed by atoms with Gasteiger partial charge in [-0.25, -0.2) is 13.2 Å². The van der Waals surface area contributed by atoms with Crippen LogP contribution in [-0.2, 0) is 19.6 Å². The summed E-state index contributed by atoms with van der Waals surface area (Å²) in [5.41, 5.74) is 6.62. The molecule has 1 atom stereocenters. The molecule has 27 heavy (non-hydrogen) atoms. The van der Waals surface area contributed by atoms with Crippen LogP contribution in [0.5, 0.6) is 0 Å². The number of carbonyl (C=O) groups is 3. The fourth-order valence-electron chi connectivity index (χ4n) is 2.83. The minimum Gasteiger partial charge on any atom is -0.369 e. The fraction of sp³-hybridized carbons (Fsp3) is 0.471. The number of carbonyl (C=O) groups excluding carboxylic acids is 3. The van der Waals surface area contributed by atoms with Crippen molar-refractivity contribution < 1.29 is 22.8 Å². The van der Waals surface area contributed by atoms with Gasteiger partial charge in [-0.3, -0.25) is 14.3 Å². The summed E-state index contributed by atoms with van der Waals surface area (Å²) in [7, 11) is -3.58. The summed E-state index contributed by atoms with van der Waals surface area (Å²) in [6.45, 7) is 2.41. The van der Waals surface area contributed by atoms with Crippen molar-refractivity contribution in [3.05, 3.63) is 29.8 Å². The Bertz CT molecular complexity index is 814. The maximum absolute atomic E-state index is 12.3. The molecule has 148 valence electrons. The van der Waals surface area contributed by atoms with Crippen LogP contribution in [0.25, 0.3) is 0 Å². The van der Waals surface area contributed by atoms with Gasteiger partial charge >= 0.3 is 6.03 Å². The summed E-state index contributed by atoms with van der Waals surface area (Å²) >= 11 is 0. The second-order valence-electron chi connectivity index (χ2n) is 6.68. The van der Waals surface area contributed by atoms with Gasteiger partial charge in [0.2, 0.25) is 21.8 Å². The number of nitrogens with one attached hydrogen (secondary N) is 2. The molecule has 0 radical (unpaired) electrons. The molecule has 1 fully saturated rings. The van der Waals surface area contributed by atoms with Crippen LogP contribution < -0.4 is 15.8 Å². The Morgan fingerprint density at radius 2 is 1.70 bits per heavy atom. The molecule has 10 heteroatoms. The summed E-state index contributed by atoms with van der Waals surface area (Å²) in [6, 6.07) is 6.55. The molecule has 4 amide bonds. The van der Waals surface area contributed by atoms with Gasteiger partial charge < -0.3 is 16.0 Å². The number of hydrogen-bond donors (Lipinski definition) is 3. The number of likely N-dealkylation sites (tertiary alicyclic amines) is 1. The standard InChI is InChI=1S/C17H24N4O5S/c1-11(15(18)22)12-3-5-14(6-4-12)19-17(24)21-9-7-13(8-10-21)16(23)20-27(2,25)26/h3-6,11,13H,7-10H2,1-2H3,(H2,18,22)(H,19,24)(H,20,23). The highest BCUT2D eigenvalue weighted by atomic mass is 32.2. The van der Waals surface area contributed by atoms with E-state index in [0.717, 1.165) is 11.8 Å². The highest BCUT2D eigenvalue weighted by Crippen LogP contribution is 2.20. The Balaban J connectivity index is 1.87. The van der Waals surface area contributed by atoms with E-state index in [9.17, 15) is 22.8 Å². The van der Waals surface area contributed by atoms with Gasteiger partial charge in [-0.2, -0.15) is 0 Å². The van der Waals surface area contributed by atoms with Crippen molar-refractivity contribution in [3.8, 4) is 0 Å². The van der Waals surface area contributed by atoms with Crippen molar-refractivity contribution in [3.63, 3.8) is 0 Å². The third kappa shape index (κ3) is 5.95. The van der Waals surface area contributed by atoms with Gasteiger partial charge in [0.05, 0.1) is 12.2 Å². The average Bonchev–Trinajstić information content (AvgIpc) is 2.60. The van der Waals surface area contributed by atoms with Gasteiger partial charge in [0.1, 0.15) is 0 Å². The van der Waals surface area contributed by atoms with Gasteiger partial charge in [0, 0.05) is 24.7 Å². The van der Waals surface area contributed by atoms with E-state index >= 15 is 0 Å². The van der Waals surface area contributed by atoms with Crippen LogP contribution in [0, 0.1) is 5.92 Å². The third-order valence-electron chi connectivity index (χ3n) is 4.53. The summed E-state index contributed by atoms with van der Waals surface area (Å²) in [5.74, 6) is -1.79. The molecule has 4 N–H and O–H groups in total. The van der Waals surface area contributed by atoms with Crippen LogP contribution in [0.15, 0.2) is 24.3 Å². The molecule has 1 heterocycles. The molecule has 1 aromatic rings. The molecular weight excluding hydrogens is 372 g/mol. The Kier molecular flexibility index (Phi) is 6.42. The predicted octanol–water partition coefficient (Wildman–Crippen LogP) is 0.595. The smallest absolute Gasteiger partial charge is 0.321 e. The maximum Gasteiger partial charge on any atom is 0.321 e. The van der Waals surface area contributed by atoms with Crippen molar-refractivity contribution in [1.29, 1.82) is 0 Å². The van der Waals surface area contributed by atoms with Gasteiger partial charge in [0.15, 0.2) is 0 Å². The molecule has 0 bridgehead atoms. The lowest BCUT2D eigenvalue weighted by molar-refractivity contribution is -0.124. The van der Waals surface area contributed by atoms with Crippen molar-refractivity contribution >= 4 is 33.6 Å². The van der Waals surface area contributed by atoms with Gasteiger partial charge in [-0.05, 0) is 37.5 Å².